The van der Waals surface area contributed by atoms with Crippen molar-refractivity contribution >= 4 is 0 Å². The Morgan fingerprint density at radius 1 is 1.22 bits per heavy atom. The summed E-state index contributed by atoms with van der Waals surface area (Å²) in [6.45, 7) is 7.83. The molecule has 0 radical (unpaired) electrons. The Kier molecular flexibility index (Phi) is 2.95. The summed E-state index contributed by atoms with van der Waals surface area (Å²) in [5.74, 6) is 0.229. The highest BCUT2D eigenvalue weighted by atomic mass is 16.5. The molecule has 3 heteroatoms. The van der Waals surface area contributed by atoms with Crippen molar-refractivity contribution in [3.63, 3.8) is 0 Å². The van der Waals surface area contributed by atoms with E-state index in [4.69, 9.17) is 4.74 Å². The van der Waals surface area contributed by atoms with Crippen LogP contribution in [0.3, 0.4) is 0 Å². The average Bonchev–Trinajstić information content (AvgIpc) is 2.29. The van der Waals surface area contributed by atoms with Gasteiger partial charge in [-0.25, -0.2) is 0 Å². The molecule has 3 nitrogen and oxygen atoms in total. The van der Waals surface area contributed by atoms with Gasteiger partial charge in [0.2, 0.25) is 0 Å². The molecule has 100 valence electrons. The maximum atomic E-state index is 10.9. The zero-order chi connectivity index (χ0) is 13.6. The molecule has 1 fully saturated rings. The van der Waals surface area contributed by atoms with E-state index in [1.54, 1.807) is 18.2 Å². The highest BCUT2D eigenvalue weighted by Crippen LogP contribution is 2.46. The van der Waals surface area contributed by atoms with E-state index in [9.17, 15) is 10.2 Å². The molecule has 1 atom stereocenters. The lowest BCUT2D eigenvalue weighted by atomic mass is 9.78. The summed E-state index contributed by atoms with van der Waals surface area (Å²) >= 11 is 0. The Morgan fingerprint density at radius 3 is 2.39 bits per heavy atom. The van der Waals surface area contributed by atoms with E-state index >= 15 is 0 Å². The fourth-order valence-corrected chi connectivity index (χ4v) is 3.02. The minimum Gasteiger partial charge on any atom is -0.508 e. The number of phenolic OH excluding ortho intramolecular Hbond substituents is 1. The first-order valence-corrected chi connectivity index (χ1v) is 6.34. The molecule has 18 heavy (non-hydrogen) atoms. The highest BCUT2D eigenvalue weighted by molar-refractivity contribution is 5.29. The van der Waals surface area contributed by atoms with E-state index in [1.807, 2.05) is 33.8 Å². The van der Waals surface area contributed by atoms with Gasteiger partial charge < -0.3 is 14.9 Å². The van der Waals surface area contributed by atoms with Crippen molar-refractivity contribution in [2.75, 3.05) is 0 Å². The fraction of sp³-hybridized carbons (Fsp3) is 0.600. The average molecular weight is 250 g/mol. The van der Waals surface area contributed by atoms with Gasteiger partial charge in [0.1, 0.15) is 5.75 Å². The molecule has 0 bridgehead atoms. The van der Waals surface area contributed by atoms with Crippen molar-refractivity contribution in [2.45, 2.75) is 57.3 Å². The van der Waals surface area contributed by atoms with E-state index in [-0.39, 0.29) is 11.4 Å². The summed E-state index contributed by atoms with van der Waals surface area (Å²) in [5, 5.41) is 20.4. The zero-order valence-electron chi connectivity index (χ0n) is 11.5. The Hall–Kier alpha value is -1.06. The number of hydrogen-bond acceptors (Lipinski definition) is 3. The molecule has 0 aliphatic carbocycles. The maximum absolute atomic E-state index is 10.9. The summed E-state index contributed by atoms with van der Waals surface area (Å²) in [7, 11) is 0. The second-order valence-electron chi connectivity index (χ2n) is 6.43. The summed E-state index contributed by atoms with van der Waals surface area (Å²) in [4.78, 5) is 0. The van der Waals surface area contributed by atoms with E-state index in [0.29, 0.717) is 12.8 Å². The lowest BCUT2D eigenvalue weighted by Crippen LogP contribution is -2.47. The number of benzene rings is 1. The Labute approximate surface area is 108 Å². The van der Waals surface area contributed by atoms with Crippen LogP contribution < -0.4 is 0 Å². The van der Waals surface area contributed by atoms with Crippen molar-refractivity contribution in [3.8, 4) is 5.75 Å². The molecule has 1 heterocycles. The van der Waals surface area contributed by atoms with Gasteiger partial charge in [0.15, 0.2) is 0 Å². The molecule has 1 aliphatic heterocycles. The van der Waals surface area contributed by atoms with Gasteiger partial charge in [0, 0.05) is 12.8 Å². The SMILES string of the molecule is CC1(C)CC(O)(Cc2cccc(O)c2)C(C)(C)O1. The quantitative estimate of drug-likeness (QED) is 0.848. The largest absolute Gasteiger partial charge is 0.508 e. The van der Waals surface area contributed by atoms with Crippen LogP contribution in [0.15, 0.2) is 24.3 Å². The number of ether oxygens (including phenoxy) is 1. The Morgan fingerprint density at radius 2 is 1.89 bits per heavy atom. The Balaban J connectivity index is 2.27. The topological polar surface area (TPSA) is 49.7 Å². The number of aromatic hydroxyl groups is 1. The van der Waals surface area contributed by atoms with Gasteiger partial charge >= 0.3 is 0 Å². The molecule has 2 rings (SSSR count). The van der Waals surface area contributed by atoms with E-state index < -0.39 is 11.2 Å². The van der Waals surface area contributed by atoms with Crippen LogP contribution in [0.1, 0.15) is 39.7 Å². The number of phenols is 1. The third kappa shape index (κ3) is 2.38. The third-order valence-electron chi connectivity index (χ3n) is 3.78. The van der Waals surface area contributed by atoms with Crippen LogP contribution in [-0.4, -0.2) is 27.0 Å². The molecule has 1 unspecified atom stereocenters. The van der Waals surface area contributed by atoms with Crippen molar-refractivity contribution < 1.29 is 14.9 Å². The molecular formula is C15H22O3. The molecule has 2 N–H and O–H groups in total. The van der Waals surface area contributed by atoms with Crippen LogP contribution in [0.4, 0.5) is 0 Å². The third-order valence-corrected chi connectivity index (χ3v) is 3.78. The first-order chi connectivity index (χ1) is 8.14. The minimum atomic E-state index is -0.912. The zero-order valence-corrected chi connectivity index (χ0v) is 11.5. The predicted octanol–water partition coefficient (Wildman–Crippen LogP) is 2.64. The van der Waals surface area contributed by atoms with Crippen molar-refractivity contribution in [3.05, 3.63) is 29.8 Å². The molecule has 0 saturated carbocycles. The van der Waals surface area contributed by atoms with Crippen LogP contribution in [0.5, 0.6) is 5.75 Å². The van der Waals surface area contributed by atoms with Crippen LogP contribution in [0, 0.1) is 0 Å². The molecule has 1 saturated heterocycles. The van der Waals surface area contributed by atoms with E-state index in [0.717, 1.165) is 5.56 Å². The number of aliphatic hydroxyl groups is 1. The molecule has 0 amide bonds. The van der Waals surface area contributed by atoms with Gasteiger partial charge in [0.25, 0.3) is 0 Å². The molecule has 0 aromatic heterocycles. The normalized spacial score (nSPS) is 29.4. The lowest BCUT2D eigenvalue weighted by molar-refractivity contribution is -0.125. The van der Waals surface area contributed by atoms with Gasteiger partial charge in [-0.05, 0) is 45.4 Å². The number of hydrogen-bond donors (Lipinski definition) is 2. The van der Waals surface area contributed by atoms with Gasteiger partial charge in [-0.15, -0.1) is 0 Å². The first-order valence-electron chi connectivity index (χ1n) is 6.34. The van der Waals surface area contributed by atoms with Gasteiger partial charge in [-0.3, -0.25) is 0 Å². The van der Waals surface area contributed by atoms with Gasteiger partial charge in [-0.1, -0.05) is 12.1 Å². The molecule has 1 aromatic carbocycles. The fourth-order valence-electron chi connectivity index (χ4n) is 3.02. The van der Waals surface area contributed by atoms with E-state index in [2.05, 4.69) is 0 Å². The number of rotatable bonds is 2. The van der Waals surface area contributed by atoms with E-state index in [1.165, 1.54) is 0 Å². The second kappa shape index (κ2) is 3.97. The smallest absolute Gasteiger partial charge is 0.115 e. The second-order valence-corrected chi connectivity index (χ2v) is 6.43. The van der Waals surface area contributed by atoms with Crippen LogP contribution in [-0.2, 0) is 11.2 Å². The van der Waals surface area contributed by atoms with Gasteiger partial charge in [-0.2, -0.15) is 0 Å². The summed E-state index contributed by atoms with van der Waals surface area (Å²) in [6, 6.07) is 7.04. The lowest BCUT2D eigenvalue weighted by Gasteiger charge is -2.35. The van der Waals surface area contributed by atoms with Crippen molar-refractivity contribution in [2.24, 2.45) is 0 Å². The van der Waals surface area contributed by atoms with Crippen LogP contribution in [0.25, 0.3) is 0 Å². The molecule has 1 aromatic rings. The molecule has 1 aliphatic rings. The highest BCUT2D eigenvalue weighted by Gasteiger charge is 2.56. The van der Waals surface area contributed by atoms with Gasteiger partial charge in [0.05, 0.1) is 16.8 Å². The summed E-state index contributed by atoms with van der Waals surface area (Å²) in [5.41, 5.74) is -0.909. The minimum absolute atomic E-state index is 0.229. The summed E-state index contributed by atoms with van der Waals surface area (Å²) in [6.07, 6.45) is 1.07. The predicted molar refractivity (Wildman–Crippen MR) is 70.6 cm³/mol. The van der Waals surface area contributed by atoms with Crippen molar-refractivity contribution in [1.29, 1.82) is 0 Å². The van der Waals surface area contributed by atoms with Crippen molar-refractivity contribution in [1.82, 2.24) is 0 Å². The summed E-state index contributed by atoms with van der Waals surface area (Å²) < 4.78 is 5.94. The first kappa shape index (κ1) is 13.4. The Bertz CT molecular complexity index is 451. The molecule has 0 spiro atoms. The monoisotopic (exact) mass is 250 g/mol. The maximum Gasteiger partial charge on any atom is 0.115 e. The van der Waals surface area contributed by atoms with Crippen LogP contribution >= 0.6 is 0 Å². The standard InChI is InChI=1S/C15H22O3/c1-13(2)10-15(17,14(3,4)18-13)9-11-6-5-7-12(16)8-11/h5-8,16-17H,9-10H2,1-4H3. The molecular weight excluding hydrogens is 228 g/mol. The van der Waals surface area contributed by atoms with Crippen LogP contribution in [0.2, 0.25) is 0 Å².